The zero-order valence-electron chi connectivity index (χ0n) is 9.41. The third-order valence-electron chi connectivity index (χ3n) is 4.43. The lowest BCUT2D eigenvalue weighted by Crippen LogP contribution is -2.59. The van der Waals surface area contributed by atoms with E-state index in [0.29, 0.717) is 11.8 Å². The number of aliphatic hydroxyl groups is 1. The lowest BCUT2D eigenvalue weighted by Gasteiger charge is -2.59. The van der Waals surface area contributed by atoms with Crippen LogP contribution >= 0.6 is 0 Å². The van der Waals surface area contributed by atoms with Crippen LogP contribution in [0.2, 0.25) is 0 Å². The van der Waals surface area contributed by atoms with Crippen LogP contribution in [0.3, 0.4) is 0 Å². The fourth-order valence-electron chi connectivity index (χ4n) is 4.48. The molecule has 4 aliphatic rings. The van der Waals surface area contributed by atoms with Gasteiger partial charge in [-0.1, -0.05) is 6.08 Å². The molecule has 0 heterocycles. The molecule has 0 aliphatic heterocycles. The highest BCUT2D eigenvalue weighted by atomic mass is 16.5. The van der Waals surface area contributed by atoms with Crippen molar-refractivity contribution in [3.8, 4) is 0 Å². The van der Waals surface area contributed by atoms with Crippen molar-refractivity contribution in [1.82, 2.24) is 0 Å². The van der Waals surface area contributed by atoms with E-state index in [1.807, 2.05) is 19.3 Å². The molecular weight excluding hydrogens is 188 g/mol. The molecule has 84 valence electrons. The van der Waals surface area contributed by atoms with E-state index in [2.05, 4.69) is 0 Å². The van der Waals surface area contributed by atoms with Crippen molar-refractivity contribution < 1.29 is 9.84 Å². The summed E-state index contributed by atoms with van der Waals surface area (Å²) in [5.74, 6) is 1.42. The van der Waals surface area contributed by atoms with Gasteiger partial charge in [-0.3, -0.25) is 0 Å². The first kappa shape index (κ1) is 9.71. The lowest BCUT2D eigenvalue weighted by atomic mass is 9.52. The molecule has 0 aromatic carbocycles. The van der Waals surface area contributed by atoms with E-state index >= 15 is 0 Å². The van der Waals surface area contributed by atoms with Gasteiger partial charge in [0.25, 0.3) is 0 Å². The second-order valence-electron chi connectivity index (χ2n) is 5.96. The zero-order chi connectivity index (χ0) is 10.5. The van der Waals surface area contributed by atoms with Gasteiger partial charge in [0.2, 0.25) is 0 Å². The Morgan fingerprint density at radius 3 is 2.40 bits per heavy atom. The number of rotatable bonds is 2. The van der Waals surface area contributed by atoms with Gasteiger partial charge in [-0.15, -0.1) is 0 Å². The van der Waals surface area contributed by atoms with E-state index in [9.17, 15) is 5.11 Å². The second-order valence-corrected chi connectivity index (χ2v) is 5.96. The molecule has 0 spiro atoms. The van der Waals surface area contributed by atoms with Crippen molar-refractivity contribution in [2.45, 2.75) is 56.7 Å². The largest absolute Gasteiger partial charge is 0.495 e. The Kier molecular flexibility index (Phi) is 1.94. The Bertz CT molecular complexity index is 281. The van der Waals surface area contributed by atoms with Crippen LogP contribution in [0.5, 0.6) is 0 Å². The molecule has 4 bridgehead atoms. The van der Waals surface area contributed by atoms with E-state index in [1.165, 1.54) is 6.42 Å². The minimum atomic E-state index is -0.397. The van der Waals surface area contributed by atoms with Crippen molar-refractivity contribution >= 4 is 0 Å². The van der Waals surface area contributed by atoms with Crippen LogP contribution in [0, 0.1) is 11.8 Å². The average Bonchev–Trinajstić information content (AvgIpc) is 2.10. The van der Waals surface area contributed by atoms with Gasteiger partial charge in [0.1, 0.15) is 5.60 Å². The highest BCUT2D eigenvalue weighted by molar-refractivity contribution is 5.10. The molecule has 2 nitrogen and oxygen atoms in total. The van der Waals surface area contributed by atoms with Crippen molar-refractivity contribution in [2.24, 2.45) is 11.8 Å². The lowest BCUT2D eigenvalue weighted by molar-refractivity contribution is -0.201. The summed E-state index contributed by atoms with van der Waals surface area (Å²) in [4.78, 5) is 0. The first-order valence-corrected chi connectivity index (χ1v) is 6.14. The van der Waals surface area contributed by atoms with Gasteiger partial charge in [-0.2, -0.15) is 0 Å². The monoisotopic (exact) mass is 208 g/mol. The standard InChI is InChI=1S/C13H20O2/c1-2-3-15-13-7-10-4-11(8-13)6-12(14,5-10)9-13/h2-3,10-11,14H,4-9H2,1H3. The van der Waals surface area contributed by atoms with E-state index in [4.69, 9.17) is 4.74 Å². The van der Waals surface area contributed by atoms with Crippen LogP contribution in [-0.4, -0.2) is 16.3 Å². The quantitative estimate of drug-likeness (QED) is 0.707. The van der Waals surface area contributed by atoms with Crippen molar-refractivity contribution in [3.05, 3.63) is 12.3 Å². The van der Waals surface area contributed by atoms with E-state index in [1.54, 1.807) is 0 Å². The Morgan fingerprint density at radius 1 is 1.20 bits per heavy atom. The molecule has 4 fully saturated rings. The van der Waals surface area contributed by atoms with Crippen LogP contribution < -0.4 is 0 Å². The minimum Gasteiger partial charge on any atom is -0.495 e. The van der Waals surface area contributed by atoms with E-state index in [-0.39, 0.29) is 5.60 Å². The molecule has 0 aromatic rings. The molecule has 15 heavy (non-hydrogen) atoms. The van der Waals surface area contributed by atoms with Crippen molar-refractivity contribution in [1.29, 1.82) is 0 Å². The van der Waals surface area contributed by atoms with Gasteiger partial charge in [0, 0.05) is 6.42 Å². The highest BCUT2D eigenvalue weighted by Gasteiger charge is 2.58. The number of hydrogen-bond donors (Lipinski definition) is 1. The summed E-state index contributed by atoms with van der Waals surface area (Å²) in [6.07, 6.45) is 10.3. The highest BCUT2D eigenvalue weighted by Crippen LogP contribution is 2.58. The fraction of sp³-hybridized carbons (Fsp3) is 0.846. The minimum absolute atomic E-state index is 0.0225. The zero-order valence-corrected chi connectivity index (χ0v) is 9.41. The molecule has 1 N–H and O–H groups in total. The summed E-state index contributed by atoms with van der Waals surface area (Å²) in [5, 5.41) is 10.5. The molecule has 4 saturated carbocycles. The molecule has 2 heteroatoms. The second kappa shape index (κ2) is 3.00. The maximum Gasteiger partial charge on any atom is 0.111 e. The number of hydrogen-bond acceptors (Lipinski definition) is 2. The molecule has 2 atom stereocenters. The summed E-state index contributed by atoms with van der Waals surface area (Å²) in [5.41, 5.74) is -0.420. The van der Waals surface area contributed by atoms with Crippen molar-refractivity contribution in [3.63, 3.8) is 0 Å². The smallest absolute Gasteiger partial charge is 0.111 e. The SMILES string of the molecule is CC=COC12CC3CC(CC(O)(C3)C1)C2. The van der Waals surface area contributed by atoms with Crippen LogP contribution in [0.1, 0.15) is 45.4 Å². The van der Waals surface area contributed by atoms with Crippen LogP contribution in [0.25, 0.3) is 0 Å². The van der Waals surface area contributed by atoms with Gasteiger partial charge in [-0.05, 0) is 50.9 Å². The average molecular weight is 208 g/mol. The molecular formula is C13H20O2. The Balaban J connectivity index is 1.86. The molecule has 0 radical (unpaired) electrons. The first-order valence-electron chi connectivity index (χ1n) is 6.14. The predicted octanol–water partition coefficient (Wildman–Crippen LogP) is 2.62. The van der Waals surface area contributed by atoms with E-state index in [0.717, 1.165) is 32.1 Å². The molecule has 0 aromatic heterocycles. The van der Waals surface area contributed by atoms with Crippen LogP contribution in [0.15, 0.2) is 12.3 Å². The number of allylic oxidation sites excluding steroid dienone is 1. The molecule has 0 amide bonds. The topological polar surface area (TPSA) is 29.5 Å². The normalized spacial score (nSPS) is 52.7. The summed E-state index contributed by atoms with van der Waals surface area (Å²) in [6.45, 7) is 1.98. The van der Waals surface area contributed by atoms with Crippen LogP contribution in [0.4, 0.5) is 0 Å². The summed E-state index contributed by atoms with van der Waals surface area (Å²) < 4.78 is 5.92. The Labute approximate surface area is 91.3 Å². The molecule has 2 unspecified atom stereocenters. The third-order valence-corrected chi connectivity index (χ3v) is 4.43. The predicted molar refractivity (Wildman–Crippen MR) is 58.3 cm³/mol. The summed E-state index contributed by atoms with van der Waals surface area (Å²) in [6, 6.07) is 0. The summed E-state index contributed by atoms with van der Waals surface area (Å²) in [7, 11) is 0. The third kappa shape index (κ3) is 1.50. The molecule has 4 aliphatic carbocycles. The van der Waals surface area contributed by atoms with Gasteiger partial charge in [0.15, 0.2) is 0 Å². The summed E-state index contributed by atoms with van der Waals surface area (Å²) >= 11 is 0. The maximum absolute atomic E-state index is 10.5. The van der Waals surface area contributed by atoms with Crippen molar-refractivity contribution in [2.75, 3.05) is 0 Å². The van der Waals surface area contributed by atoms with Gasteiger partial charge in [-0.25, -0.2) is 0 Å². The van der Waals surface area contributed by atoms with Gasteiger partial charge >= 0.3 is 0 Å². The maximum atomic E-state index is 10.5. The number of ether oxygens (including phenoxy) is 1. The van der Waals surface area contributed by atoms with Crippen LogP contribution in [-0.2, 0) is 4.74 Å². The van der Waals surface area contributed by atoms with Gasteiger partial charge in [0.05, 0.1) is 11.9 Å². The first-order chi connectivity index (χ1) is 7.13. The Hall–Kier alpha value is -0.500. The Morgan fingerprint density at radius 2 is 1.87 bits per heavy atom. The fourth-order valence-corrected chi connectivity index (χ4v) is 4.48. The molecule has 0 saturated heterocycles. The van der Waals surface area contributed by atoms with E-state index < -0.39 is 5.60 Å². The van der Waals surface area contributed by atoms with Gasteiger partial charge < -0.3 is 9.84 Å². The molecule has 4 rings (SSSR count).